The summed E-state index contributed by atoms with van der Waals surface area (Å²) < 4.78 is 0. The molecule has 0 saturated carbocycles. The monoisotopic (exact) mass is 209 g/mol. The lowest BCUT2D eigenvalue weighted by Gasteiger charge is -2.11. The number of amides is 1. The molecule has 0 aliphatic rings. The first-order chi connectivity index (χ1) is 7.27. The molecule has 0 aliphatic heterocycles. The molecule has 0 aliphatic carbocycles. The van der Waals surface area contributed by atoms with Crippen LogP contribution in [0, 0.1) is 0 Å². The summed E-state index contributed by atoms with van der Waals surface area (Å²) in [4.78, 5) is 24.8. The van der Waals surface area contributed by atoms with Crippen molar-refractivity contribution in [3.63, 3.8) is 0 Å². The van der Waals surface area contributed by atoms with Crippen LogP contribution in [0.5, 0.6) is 0 Å². The largest absolute Gasteiger partial charge is 0.364 e. The van der Waals surface area contributed by atoms with E-state index in [0.717, 1.165) is 5.56 Å². The van der Waals surface area contributed by atoms with Crippen LogP contribution in [0.2, 0.25) is 0 Å². The number of hydrogen-bond acceptors (Lipinski definition) is 4. The number of nitrogens with one attached hydrogen (secondary N) is 1. The number of benzene rings is 1. The zero-order chi connectivity index (χ0) is 11.1. The van der Waals surface area contributed by atoms with E-state index in [0.29, 0.717) is 6.41 Å². The molecular formula is C10H11NO4. The fraction of sp³-hybridized carbons (Fsp3) is 0.200. The lowest BCUT2D eigenvalue weighted by atomic mass is 10.1. The number of hydrogen-bond donors (Lipinski definition) is 2. The molecule has 1 aromatic rings. The van der Waals surface area contributed by atoms with E-state index in [1.165, 1.54) is 0 Å². The Kier molecular flexibility index (Phi) is 4.30. The number of carbonyl (C=O) groups excluding carboxylic acids is 2. The number of rotatable bonds is 5. The first kappa shape index (κ1) is 11.2. The maximum Gasteiger partial charge on any atom is 0.364 e. The molecule has 5 heteroatoms. The zero-order valence-corrected chi connectivity index (χ0v) is 7.92. The van der Waals surface area contributed by atoms with Crippen molar-refractivity contribution in [3.8, 4) is 0 Å². The van der Waals surface area contributed by atoms with Crippen LogP contribution in [0.3, 0.4) is 0 Å². The predicted octanol–water partition coefficient (Wildman–Crippen LogP) is 0.360. The topological polar surface area (TPSA) is 75.6 Å². The van der Waals surface area contributed by atoms with Gasteiger partial charge in [-0.2, -0.15) is 5.26 Å². The summed E-state index contributed by atoms with van der Waals surface area (Å²) in [6.45, 7) is 0. The van der Waals surface area contributed by atoms with Crippen molar-refractivity contribution in [3.05, 3.63) is 35.9 Å². The Morgan fingerprint density at radius 1 is 1.47 bits per heavy atom. The van der Waals surface area contributed by atoms with Crippen molar-refractivity contribution < 1.29 is 19.7 Å². The van der Waals surface area contributed by atoms with Gasteiger partial charge in [0.2, 0.25) is 6.41 Å². The normalized spacial score (nSPS) is 11.5. The molecule has 5 nitrogen and oxygen atoms in total. The second-order valence-electron chi connectivity index (χ2n) is 2.94. The Labute approximate surface area is 86.6 Å². The first-order valence-electron chi connectivity index (χ1n) is 4.37. The van der Waals surface area contributed by atoms with Gasteiger partial charge in [0.1, 0.15) is 6.04 Å². The molecule has 1 aromatic carbocycles. The molecule has 0 fully saturated rings. The van der Waals surface area contributed by atoms with E-state index >= 15 is 0 Å². The van der Waals surface area contributed by atoms with Gasteiger partial charge in [-0.3, -0.25) is 9.68 Å². The molecule has 80 valence electrons. The maximum atomic E-state index is 11.0. The SMILES string of the molecule is O=CNC(Cc1ccccc1)C(=O)OO. The first-order valence-corrected chi connectivity index (χ1v) is 4.37. The van der Waals surface area contributed by atoms with Gasteiger partial charge in [-0.1, -0.05) is 30.3 Å². The average Bonchev–Trinajstić information content (AvgIpc) is 2.29. The van der Waals surface area contributed by atoms with Crippen LogP contribution in [-0.4, -0.2) is 23.7 Å². The highest BCUT2D eigenvalue weighted by molar-refractivity contribution is 5.78. The third kappa shape index (κ3) is 3.40. The summed E-state index contributed by atoms with van der Waals surface area (Å²) in [5, 5.41) is 10.5. The smallest absolute Gasteiger partial charge is 0.345 e. The highest BCUT2D eigenvalue weighted by Crippen LogP contribution is 2.03. The van der Waals surface area contributed by atoms with Gasteiger partial charge in [0.25, 0.3) is 0 Å². The Morgan fingerprint density at radius 2 is 2.13 bits per heavy atom. The third-order valence-electron chi connectivity index (χ3n) is 1.93. The third-order valence-corrected chi connectivity index (χ3v) is 1.93. The summed E-state index contributed by atoms with van der Waals surface area (Å²) in [7, 11) is 0. The Bertz CT molecular complexity index is 325. The van der Waals surface area contributed by atoms with Crippen LogP contribution < -0.4 is 5.32 Å². The number of carbonyl (C=O) groups is 2. The van der Waals surface area contributed by atoms with Crippen molar-refractivity contribution in [1.82, 2.24) is 5.32 Å². The summed E-state index contributed by atoms with van der Waals surface area (Å²) in [6, 6.07) is 8.23. The molecule has 0 aromatic heterocycles. The fourth-order valence-corrected chi connectivity index (χ4v) is 1.21. The second kappa shape index (κ2) is 5.77. The molecule has 0 radical (unpaired) electrons. The lowest BCUT2D eigenvalue weighted by molar-refractivity contribution is -0.236. The van der Waals surface area contributed by atoms with Crippen molar-refractivity contribution >= 4 is 12.4 Å². The molecule has 0 bridgehead atoms. The van der Waals surface area contributed by atoms with Crippen LogP contribution in [0.1, 0.15) is 5.56 Å². The van der Waals surface area contributed by atoms with Crippen LogP contribution in [0.15, 0.2) is 30.3 Å². The van der Waals surface area contributed by atoms with Gasteiger partial charge in [-0.25, -0.2) is 4.79 Å². The molecule has 1 unspecified atom stereocenters. The van der Waals surface area contributed by atoms with Gasteiger partial charge in [0.05, 0.1) is 0 Å². The fourth-order valence-electron chi connectivity index (χ4n) is 1.21. The van der Waals surface area contributed by atoms with Crippen molar-refractivity contribution in [2.24, 2.45) is 0 Å². The van der Waals surface area contributed by atoms with Crippen LogP contribution in [0.4, 0.5) is 0 Å². The van der Waals surface area contributed by atoms with Crippen LogP contribution >= 0.6 is 0 Å². The van der Waals surface area contributed by atoms with E-state index in [1.54, 1.807) is 0 Å². The summed E-state index contributed by atoms with van der Waals surface area (Å²) in [6.07, 6.45) is 0.670. The van der Waals surface area contributed by atoms with Gasteiger partial charge < -0.3 is 5.32 Å². The summed E-state index contributed by atoms with van der Waals surface area (Å²) >= 11 is 0. The van der Waals surface area contributed by atoms with E-state index in [-0.39, 0.29) is 6.42 Å². The van der Waals surface area contributed by atoms with Crippen LogP contribution in [0.25, 0.3) is 0 Å². The molecule has 1 amide bonds. The zero-order valence-electron chi connectivity index (χ0n) is 7.92. The lowest BCUT2D eigenvalue weighted by Crippen LogP contribution is -2.38. The predicted molar refractivity (Wildman–Crippen MR) is 51.9 cm³/mol. The second-order valence-corrected chi connectivity index (χ2v) is 2.94. The van der Waals surface area contributed by atoms with E-state index in [9.17, 15) is 9.59 Å². The minimum Gasteiger partial charge on any atom is -0.345 e. The van der Waals surface area contributed by atoms with E-state index in [2.05, 4.69) is 10.2 Å². The molecule has 0 saturated heterocycles. The minimum absolute atomic E-state index is 0.277. The van der Waals surface area contributed by atoms with Gasteiger partial charge in [0.15, 0.2) is 0 Å². The van der Waals surface area contributed by atoms with Gasteiger partial charge >= 0.3 is 5.97 Å². The molecule has 1 atom stereocenters. The summed E-state index contributed by atoms with van der Waals surface area (Å²) in [5.41, 5.74) is 0.863. The van der Waals surface area contributed by atoms with Gasteiger partial charge in [-0.15, -0.1) is 0 Å². The molecular weight excluding hydrogens is 198 g/mol. The van der Waals surface area contributed by atoms with Crippen molar-refractivity contribution in [1.29, 1.82) is 0 Å². The van der Waals surface area contributed by atoms with Crippen molar-refractivity contribution in [2.75, 3.05) is 0 Å². The van der Waals surface area contributed by atoms with E-state index < -0.39 is 12.0 Å². The van der Waals surface area contributed by atoms with Crippen LogP contribution in [-0.2, 0) is 20.9 Å². The summed E-state index contributed by atoms with van der Waals surface area (Å²) in [5.74, 6) is -0.883. The Balaban J connectivity index is 2.66. The highest BCUT2D eigenvalue weighted by Gasteiger charge is 2.19. The molecule has 0 spiro atoms. The van der Waals surface area contributed by atoms with E-state index in [4.69, 9.17) is 5.26 Å². The Morgan fingerprint density at radius 3 is 2.67 bits per heavy atom. The quantitative estimate of drug-likeness (QED) is 0.417. The standard InChI is InChI=1S/C10H11NO4/c12-7-11-9(10(13)15-14)6-8-4-2-1-3-5-8/h1-5,7,9,14H,6H2,(H,11,12). The minimum atomic E-state index is -0.883. The molecule has 0 heterocycles. The van der Waals surface area contributed by atoms with E-state index in [1.807, 2.05) is 30.3 Å². The molecule has 15 heavy (non-hydrogen) atoms. The molecule has 1 rings (SSSR count). The van der Waals surface area contributed by atoms with Crippen molar-refractivity contribution in [2.45, 2.75) is 12.5 Å². The van der Waals surface area contributed by atoms with Gasteiger partial charge in [-0.05, 0) is 5.56 Å². The maximum absolute atomic E-state index is 11.0. The van der Waals surface area contributed by atoms with Gasteiger partial charge in [0, 0.05) is 6.42 Å². The average molecular weight is 209 g/mol. The Hall–Kier alpha value is -1.88. The molecule has 2 N–H and O–H groups in total. The highest BCUT2D eigenvalue weighted by atomic mass is 17.1.